The Bertz CT molecular complexity index is 582. The van der Waals surface area contributed by atoms with Crippen molar-refractivity contribution < 1.29 is 4.39 Å². The van der Waals surface area contributed by atoms with Gasteiger partial charge < -0.3 is 9.47 Å². The smallest absolute Gasteiger partial charge is 0.123 e. The van der Waals surface area contributed by atoms with Crippen LogP contribution in [-0.4, -0.2) is 47.6 Å². The molecule has 3 rings (SSSR count). The van der Waals surface area contributed by atoms with Crippen LogP contribution in [0.3, 0.4) is 0 Å². The van der Waals surface area contributed by atoms with Crippen molar-refractivity contribution in [3.8, 4) is 0 Å². The van der Waals surface area contributed by atoms with Gasteiger partial charge in [-0.2, -0.15) is 0 Å². The zero-order valence-corrected chi connectivity index (χ0v) is 11.6. The lowest BCUT2D eigenvalue weighted by Gasteiger charge is -2.32. The monoisotopic (exact) mass is 261 g/mol. The minimum absolute atomic E-state index is 0.154. The Hall–Kier alpha value is -1.39. The summed E-state index contributed by atoms with van der Waals surface area (Å²) in [6.45, 7) is 5.30. The summed E-state index contributed by atoms with van der Waals surface area (Å²) < 4.78 is 15.5. The third kappa shape index (κ3) is 2.51. The maximum atomic E-state index is 13.4. The van der Waals surface area contributed by atoms with E-state index < -0.39 is 0 Å². The number of aryl methyl sites for hydroxylation is 1. The minimum Gasteiger partial charge on any atom is -0.350 e. The summed E-state index contributed by atoms with van der Waals surface area (Å²) in [5.41, 5.74) is 2.33. The number of hydrogen-bond acceptors (Lipinski definition) is 2. The Balaban J connectivity index is 1.86. The van der Waals surface area contributed by atoms with Crippen LogP contribution in [0.5, 0.6) is 0 Å². The summed E-state index contributed by atoms with van der Waals surface area (Å²) in [7, 11) is 4.18. The van der Waals surface area contributed by atoms with E-state index in [1.165, 1.54) is 11.6 Å². The first-order valence-corrected chi connectivity index (χ1v) is 6.78. The molecule has 3 nitrogen and oxygen atoms in total. The average Bonchev–Trinajstić information content (AvgIpc) is 2.69. The molecule has 2 aromatic rings. The quantitative estimate of drug-likeness (QED) is 0.820. The van der Waals surface area contributed by atoms with Crippen molar-refractivity contribution in [2.75, 3.05) is 33.2 Å². The van der Waals surface area contributed by atoms with Crippen molar-refractivity contribution in [2.45, 2.75) is 6.54 Å². The Morgan fingerprint density at radius 2 is 1.84 bits per heavy atom. The summed E-state index contributed by atoms with van der Waals surface area (Å²) in [5, 5.41) is 1.04. The molecule has 0 aliphatic carbocycles. The number of halogens is 1. The topological polar surface area (TPSA) is 11.4 Å². The molecule has 0 atom stereocenters. The number of aromatic nitrogens is 1. The molecular weight excluding hydrogens is 241 g/mol. The second kappa shape index (κ2) is 4.94. The van der Waals surface area contributed by atoms with E-state index in [1.807, 2.05) is 13.1 Å². The average molecular weight is 261 g/mol. The van der Waals surface area contributed by atoms with Crippen LogP contribution in [0.4, 0.5) is 4.39 Å². The van der Waals surface area contributed by atoms with Crippen molar-refractivity contribution in [1.29, 1.82) is 0 Å². The molecule has 0 spiro atoms. The predicted octanol–water partition coefficient (Wildman–Crippen LogP) is 2.06. The summed E-state index contributed by atoms with van der Waals surface area (Å²) in [6, 6.07) is 5.04. The predicted molar refractivity (Wildman–Crippen MR) is 75.7 cm³/mol. The van der Waals surface area contributed by atoms with Crippen LogP contribution in [0, 0.1) is 5.82 Å². The molecule has 0 bridgehead atoms. The summed E-state index contributed by atoms with van der Waals surface area (Å²) in [5.74, 6) is -0.154. The normalized spacial score (nSPS) is 18.3. The molecule has 4 heteroatoms. The molecule has 1 saturated heterocycles. The van der Waals surface area contributed by atoms with Crippen LogP contribution in [0.25, 0.3) is 10.9 Å². The van der Waals surface area contributed by atoms with E-state index in [2.05, 4.69) is 27.6 Å². The van der Waals surface area contributed by atoms with Gasteiger partial charge in [0.1, 0.15) is 5.82 Å². The van der Waals surface area contributed by atoms with Gasteiger partial charge in [0.2, 0.25) is 0 Å². The highest BCUT2D eigenvalue weighted by atomic mass is 19.1. The maximum Gasteiger partial charge on any atom is 0.123 e. The van der Waals surface area contributed by atoms with Crippen molar-refractivity contribution in [2.24, 2.45) is 7.05 Å². The lowest BCUT2D eigenvalue weighted by atomic mass is 10.1. The molecule has 102 valence electrons. The standard InChI is InChI=1S/C15H20FN3/c1-17-5-7-19(8-6-17)11-12-10-18(2)15-4-3-13(16)9-14(12)15/h3-4,9-10H,5-8,11H2,1-2H3. The van der Waals surface area contributed by atoms with Gasteiger partial charge in [-0.25, -0.2) is 4.39 Å². The van der Waals surface area contributed by atoms with Crippen molar-refractivity contribution in [3.05, 3.63) is 35.8 Å². The van der Waals surface area contributed by atoms with E-state index in [9.17, 15) is 4.39 Å². The third-order valence-corrected chi connectivity index (χ3v) is 4.02. The van der Waals surface area contributed by atoms with E-state index in [-0.39, 0.29) is 5.82 Å². The molecule has 0 radical (unpaired) electrons. The fourth-order valence-corrected chi connectivity index (χ4v) is 2.82. The SMILES string of the molecule is CN1CCN(Cc2cn(C)c3ccc(F)cc23)CC1. The summed E-state index contributed by atoms with van der Waals surface area (Å²) in [4.78, 5) is 4.79. The van der Waals surface area contributed by atoms with Gasteiger partial charge in [-0.1, -0.05) is 0 Å². The highest BCUT2D eigenvalue weighted by molar-refractivity contribution is 5.84. The fraction of sp³-hybridized carbons (Fsp3) is 0.467. The number of benzene rings is 1. The molecule has 1 aromatic carbocycles. The molecule has 0 unspecified atom stereocenters. The van der Waals surface area contributed by atoms with Crippen LogP contribution < -0.4 is 0 Å². The number of rotatable bonds is 2. The van der Waals surface area contributed by atoms with Gasteiger partial charge in [-0.05, 0) is 30.8 Å². The lowest BCUT2D eigenvalue weighted by Crippen LogP contribution is -2.43. The molecule has 1 aliphatic heterocycles. The Morgan fingerprint density at radius 3 is 2.58 bits per heavy atom. The highest BCUT2D eigenvalue weighted by Crippen LogP contribution is 2.23. The summed E-state index contributed by atoms with van der Waals surface area (Å²) >= 11 is 0. The van der Waals surface area contributed by atoms with Crippen LogP contribution >= 0.6 is 0 Å². The zero-order chi connectivity index (χ0) is 13.4. The second-order valence-corrected chi connectivity index (χ2v) is 5.51. The molecule has 0 saturated carbocycles. The van der Waals surface area contributed by atoms with Crippen LogP contribution in [0.15, 0.2) is 24.4 Å². The van der Waals surface area contributed by atoms with E-state index in [1.54, 1.807) is 6.07 Å². The maximum absolute atomic E-state index is 13.4. The van der Waals surface area contributed by atoms with E-state index >= 15 is 0 Å². The van der Waals surface area contributed by atoms with E-state index in [0.717, 1.165) is 43.6 Å². The van der Waals surface area contributed by atoms with Gasteiger partial charge >= 0.3 is 0 Å². The molecular formula is C15H20FN3. The van der Waals surface area contributed by atoms with Crippen LogP contribution in [0.2, 0.25) is 0 Å². The molecule has 2 heterocycles. The molecule has 19 heavy (non-hydrogen) atoms. The van der Waals surface area contributed by atoms with Crippen molar-refractivity contribution in [3.63, 3.8) is 0 Å². The lowest BCUT2D eigenvalue weighted by molar-refractivity contribution is 0.148. The van der Waals surface area contributed by atoms with E-state index in [0.29, 0.717) is 0 Å². The van der Waals surface area contributed by atoms with E-state index in [4.69, 9.17) is 0 Å². The Morgan fingerprint density at radius 1 is 1.11 bits per heavy atom. The Kier molecular flexibility index (Phi) is 3.29. The number of fused-ring (bicyclic) bond motifs is 1. The first kappa shape index (κ1) is 12.6. The first-order valence-electron chi connectivity index (χ1n) is 6.78. The first-order chi connectivity index (χ1) is 9.13. The molecule has 1 aliphatic rings. The van der Waals surface area contributed by atoms with Gasteiger partial charge in [0.15, 0.2) is 0 Å². The van der Waals surface area contributed by atoms with Gasteiger partial charge in [-0.3, -0.25) is 4.90 Å². The van der Waals surface area contributed by atoms with Crippen molar-refractivity contribution >= 4 is 10.9 Å². The van der Waals surface area contributed by atoms with Crippen molar-refractivity contribution in [1.82, 2.24) is 14.4 Å². The van der Waals surface area contributed by atoms with Gasteiger partial charge in [0.05, 0.1) is 0 Å². The molecule has 1 fully saturated rings. The van der Waals surface area contributed by atoms with Gasteiger partial charge in [0.25, 0.3) is 0 Å². The van der Waals surface area contributed by atoms with Crippen LogP contribution in [-0.2, 0) is 13.6 Å². The largest absolute Gasteiger partial charge is 0.350 e. The molecule has 0 amide bonds. The number of nitrogens with zero attached hydrogens (tertiary/aromatic N) is 3. The number of hydrogen-bond donors (Lipinski definition) is 0. The number of likely N-dealkylation sites (N-methyl/N-ethyl adjacent to an activating group) is 1. The fourth-order valence-electron chi connectivity index (χ4n) is 2.82. The second-order valence-electron chi connectivity index (χ2n) is 5.51. The molecule has 0 N–H and O–H groups in total. The highest BCUT2D eigenvalue weighted by Gasteiger charge is 2.16. The molecule has 1 aromatic heterocycles. The van der Waals surface area contributed by atoms with Gasteiger partial charge in [0, 0.05) is 56.9 Å². The van der Waals surface area contributed by atoms with Crippen LogP contribution in [0.1, 0.15) is 5.56 Å². The third-order valence-electron chi connectivity index (χ3n) is 4.02. The number of piperazine rings is 1. The minimum atomic E-state index is -0.154. The zero-order valence-electron chi connectivity index (χ0n) is 11.6. The summed E-state index contributed by atoms with van der Waals surface area (Å²) in [6.07, 6.45) is 2.13. The Labute approximate surface area is 113 Å². The van der Waals surface area contributed by atoms with Gasteiger partial charge in [-0.15, -0.1) is 0 Å².